The number of primary amides is 1. The van der Waals surface area contributed by atoms with Gasteiger partial charge in [-0.3, -0.25) is 24.4 Å². The number of hydrogen-bond acceptors (Lipinski definition) is 15. The Kier molecular flexibility index (Phi) is 12.4. The summed E-state index contributed by atoms with van der Waals surface area (Å²) < 4.78 is 34.9. The average Bonchev–Trinajstić information content (AvgIpc) is 4.01. The Morgan fingerprint density at radius 3 is 2.03 bits per heavy atom. The van der Waals surface area contributed by atoms with Crippen LogP contribution in [0.2, 0.25) is 0 Å². The molecule has 0 radical (unpaired) electrons. The molecule has 69 heavy (non-hydrogen) atoms. The molecular weight excluding hydrogens is 907 g/mol. The molecule has 0 bridgehead atoms. The molecule has 0 fully saturated rings. The van der Waals surface area contributed by atoms with Crippen LogP contribution in [0.5, 0.6) is 11.5 Å². The maximum absolute atomic E-state index is 13.8. The number of nitrogens with zero attached hydrogens (tertiary/aromatic N) is 11. The van der Waals surface area contributed by atoms with Crippen LogP contribution in [0.3, 0.4) is 0 Å². The highest BCUT2D eigenvalue weighted by Gasteiger charge is 2.31. The second kappa shape index (κ2) is 18.4. The molecule has 23 heteroatoms. The van der Waals surface area contributed by atoms with E-state index in [4.69, 9.17) is 16.2 Å². The van der Waals surface area contributed by atoms with E-state index in [-0.39, 0.29) is 58.5 Å². The zero-order valence-corrected chi connectivity index (χ0v) is 38.8. The molecule has 0 saturated heterocycles. The predicted octanol–water partition coefficient (Wildman–Crippen LogP) is 5.72. The van der Waals surface area contributed by atoms with Crippen molar-refractivity contribution in [1.82, 2.24) is 48.8 Å². The normalized spacial score (nSPS) is 11.6. The summed E-state index contributed by atoms with van der Waals surface area (Å²) in [5.74, 6) is -0.367. The highest BCUT2D eigenvalue weighted by Crippen LogP contribution is 2.33. The number of phenolic OH excluding ortho intramolecular Hbond substituents is 1. The number of hydrogen-bond donors (Lipinski definition) is 5. The number of aromatic hydroxyl groups is 1. The van der Waals surface area contributed by atoms with Crippen LogP contribution in [0, 0.1) is 5.41 Å². The molecule has 0 saturated carbocycles. The first-order valence-electron chi connectivity index (χ1n) is 20.9. The average molecular weight is 952 g/mol. The fourth-order valence-electron chi connectivity index (χ4n) is 7.06. The van der Waals surface area contributed by atoms with Gasteiger partial charge in [0.15, 0.2) is 28.4 Å². The summed E-state index contributed by atoms with van der Waals surface area (Å²) in [5.41, 5.74) is 17.4. The molecule has 352 valence electrons. The van der Waals surface area contributed by atoms with Crippen LogP contribution in [0.25, 0.3) is 50.3 Å². The van der Waals surface area contributed by atoms with Gasteiger partial charge in [0.25, 0.3) is 17.8 Å². The molecule has 7 N–H and O–H groups in total. The summed E-state index contributed by atoms with van der Waals surface area (Å²) in [4.78, 5) is 56.2. The summed E-state index contributed by atoms with van der Waals surface area (Å²) in [6, 6.07) is 24.2. The minimum absolute atomic E-state index is 0.0232. The van der Waals surface area contributed by atoms with Crippen LogP contribution in [0.4, 0.5) is 29.4 Å². The Labute approximate surface area is 393 Å². The van der Waals surface area contributed by atoms with E-state index in [1.165, 1.54) is 28.0 Å². The van der Waals surface area contributed by atoms with E-state index < -0.39 is 15.9 Å². The maximum atomic E-state index is 13.8. The second-order valence-electron chi connectivity index (χ2n) is 16.9. The zero-order valence-electron chi connectivity index (χ0n) is 38.0. The number of phenols is 1. The van der Waals surface area contributed by atoms with E-state index in [1.807, 2.05) is 39.0 Å². The number of nitrogen functional groups attached to an aromatic ring is 1. The second-order valence-corrected chi connectivity index (χ2v) is 18.7. The number of carbonyl (C=O) groups is 3. The monoisotopic (exact) mass is 951 g/mol. The van der Waals surface area contributed by atoms with Gasteiger partial charge < -0.3 is 21.3 Å². The number of pyridine rings is 4. The molecule has 0 aliphatic rings. The number of benzene rings is 2. The number of sulfonamides is 1. The van der Waals surface area contributed by atoms with Crippen LogP contribution in [0.1, 0.15) is 44.5 Å². The van der Waals surface area contributed by atoms with E-state index in [9.17, 15) is 27.9 Å². The van der Waals surface area contributed by atoms with E-state index in [1.54, 1.807) is 96.0 Å². The number of nitrogens with two attached hydrogens (primary N) is 2. The lowest BCUT2D eigenvalue weighted by molar-refractivity contribution is -0.119. The molecule has 0 aliphatic carbocycles. The van der Waals surface area contributed by atoms with Crippen molar-refractivity contribution in [2.45, 2.75) is 34.1 Å². The SMILES string of the molecule is CC(=O)Nc1nc2ccc(-c3cccc(NS(C)(=O)=O)c3)cn2n1.COc1cc(-c2ccc3nc(N(C(=O)CC(C)(C)C)c4nc5c(C(N)=O)cc(-c6ccc(N)nc6)cn5n4)nn3c2)ccc1O. The minimum Gasteiger partial charge on any atom is -0.504 e. The van der Waals surface area contributed by atoms with Crippen LogP contribution in [0.15, 0.2) is 110 Å². The number of fused-ring (bicyclic) bond motifs is 3. The Hall–Kier alpha value is -8.99. The Bertz CT molecular complexity index is 3560. The zero-order chi connectivity index (χ0) is 49.4. The quantitative estimate of drug-likeness (QED) is 0.104. The summed E-state index contributed by atoms with van der Waals surface area (Å²) in [7, 11) is -1.86. The van der Waals surface area contributed by atoms with E-state index in [0.717, 1.165) is 28.5 Å². The Morgan fingerprint density at radius 1 is 0.768 bits per heavy atom. The van der Waals surface area contributed by atoms with Gasteiger partial charge in [0.2, 0.25) is 27.8 Å². The fourth-order valence-corrected chi connectivity index (χ4v) is 7.62. The van der Waals surface area contributed by atoms with Gasteiger partial charge in [-0.15, -0.1) is 15.3 Å². The van der Waals surface area contributed by atoms with E-state index in [2.05, 4.69) is 45.3 Å². The minimum atomic E-state index is -3.34. The van der Waals surface area contributed by atoms with Crippen LogP contribution in [-0.2, 0) is 19.6 Å². The molecule has 0 spiro atoms. The summed E-state index contributed by atoms with van der Waals surface area (Å²) in [6.45, 7) is 7.20. The fraction of sp³-hybridized carbons (Fsp3) is 0.174. The van der Waals surface area contributed by atoms with Crippen molar-refractivity contribution in [3.05, 3.63) is 115 Å². The molecule has 0 atom stereocenters. The lowest BCUT2D eigenvalue weighted by atomic mass is 9.92. The first kappa shape index (κ1) is 46.5. The lowest BCUT2D eigenvalue weighted by Gasteiger charge is -2.21. The van der Waals surface area contributed by atoms with E-state index in [0.29, 0.717) is 39.7 Å². The first-order chi connectivity index (χ1) is 32.7. The number of aromatic nitrogens is 10. The number of anilines is 5. The molecule has 7 heterocycles. The Morgan fingerprint density at radius 2 is 1.39 bits per heavy atom. The summed E-state index contributed by atoms with van der Waals surface area (Å²) in [6.07, 6.45) is 7.97. The number of rotatable bonds is 11. The number of carbonyl (C=O) groups excluding carboxylic acids is 3. The van der Waals surface area contributed by atoms with Crippen molar-refractivity contribution < 1.29 is 32.6 Å². The van der Waals surface area contributed by atoms with Crippen molar-refractivity contribution in [2.75, 3.05) is 34.0 Å². The summed E-state index contributed by atoms with van der Waals surface area (Å²) >= 11 is 0. The van der Waals surface area contributed by atoms with Gasteiger partial charge >= 0.3 is 0 Å². The molecule has 7 aromatic heterocycles. The lowest BCUT2D eigenvalue weighted by Crippen LogP contribution is -2.31. The molecule has 9 rings (SSSR count). The third-order valence-electron chi connectivity index (χ3n) is 10.1. The molecule has 2 aromatic carbocycles. The predicted molar refractivity (Wildman–Crippen MR) is 258 cm³/mol. The first-order valence-corrected chi connectivity index (χ1v) is 22.8. The molecule has 9 aromatic rings. The van der Waals surface area contributed by atoms with Gasteiger partial charge in [0, 0.05) is 66.1 Å². The van der Waals surface area contributed by atoms with Crippen LogP contribution >= 0.6 is 0 Å². The van der Waals surface area contributed by atoms with Crippen molar-refractivity contribution in [1.29, 1.82) is 0 Å². The highest BCUT2D eigenvalue weighted by molar-refractivity contribution is 7.92. The van der Waals surface area contributed by atoms with Gasteiger partial charge in [-0.1, -0.05) is 39.0 Å². The van der Waals surface area contributed by atoms with Crippen LogP contribution < -0.4 is 31.1 Å². The summed E-state index contributed by atoms with van der Waals surface area (Å²) in [5, 5.41) is 25.9. The topological polar surface area (TPSA) is 298 Å². The van der Waals surface area contributed by atoms with Gasteiger partial charge in [0.05, 0.1) is 18.9 Å². The van der Waals surface area contributed by atoms with Crippen LogP contribution in [-0.4, -0.2) is 93.4 Å². The number of nitrogens with one attached hydrogen (secondary N) is 2. The molecule has 0 aliphatic heterocycles. The van der Waals surface area contributed by atoms with Gasteiger partial charge in [0.1, 0.15) is 5.82 Å². The van der Waals surface area contributed by atoms with Crippen molar-refractivity contribution in [3.8, 4) is 44.9 Å². The van der Waals surface area contributed by atoms with Gasteiger partial charge in [-0.05, 0) is 83.3 Å². The van der Waals surface area contributed by atoms with Crippen molar-refractivity contribution >= 4 is 74.0 Å². The Balaban J connectivity index is 0.000000225. The van der Waals surface area contributed by atoms with E-state index >= 15 is 0 Å². The standard InChI is InChI=1S/C31H30N10O4.C15H15N5O3S/c1-31(2,3)13-26(43)41(29-35-25-10-7-19(15-39(25)37-29)17-5-8-22(42)23(12-17)45-4)30-36-28-21(27(33)44)11-20(16-40(28)38-30)18-6-9-24(32)34-14-18;1-10(21)16-15-17-14-7-6-12(9-20(14)18-15)11-4-3-5-13(8-11)19-24(2,22)23/h5-12,14-16,42H,13H2,1-4H3,(H2,32,34)(H2,33,44);3-9,19H,1-2H3,(H,16,18,21). The van der Waals surface area contributed by atoms with Gasteiger partial charge in [-0.2, -0.15) is 15.0 Å². The van der Waals surface area contributed by atoms with Crippen molar-refractivity contribution in [2.24, 2.45) is 11.1 Å². The van der Waals surface area contributed by atoms with Gasteiger partial charge in [-0.25, -0.2) is 31.8 Å². The smallest absolute Gasteiger partial charge is 0.259 e. The van der Waals surface area contributed by atoms with Crippen molar-refractivity contribution in [3.63, 3.8) is 0 Å². The molecular formula is C46H45N15O7S. The number of methoxy groups -OCH3 is 1. The number of amides is 3. The molecule has 3 amide bonds. The molecule has 22 nitrogen and oxygen atoms in total. The third kappa shape index (κ3) is 10.7. The number of ether oxygens (including phenoxy) is 1. The maximum Gasteiger partial charge on any atom is 0.259 e. The highest BCUT2D eigenvalue weighted by atomic mass is 32.2. The third-order valence-corrected chi connectivity index (χ3v) is 10.7. The largest absolute Gasteiger partial charge is 0.504 e. The molecule has 0 unspecified atom stereocenters.